The zero-order valence-electron chi connectivity index (χ0n) is 13.1. The van der Waals surface area contributed by atoms with Crippen molar-refractivity contribution in [2.45, 2.75) is 49.9 Å². The van der Waals surface area contributed by atoms with Gasteiger partial charge in [-0.1, -0.05) is 13.3 Å². The van der Waals surface area contributed by atoms with Crippen LogP contribution in [-0.4, -0.2) is 39.8 Å². The van der Waals surface area contributed by atoms with E-state index in [1.807, 2.05) is 32.1 Å². The molecule has 6 heteroatoms. The van der Waals surface area contributed by atoms with E-state index in [0.717, 1.165) is 24.2 Å². The Balaban J connectivity index is 1.93. The predicted octanol–water partition coefficient (Wildman–Crippen LogP) is 1.86. The summed E-state index contributed by atoms with van der Waals surface area (Å²) in [4.78, 5) is 12.5. The van der Waals surface area contributed by atoms with Gasteiger partial charge in [0.2, 0.25) is 5.91 Å². The van der Waals surface area contributed by atoms with Crippen LogP contribution in [0.3, 0.4) is 0 Å². The normalized spacial score (nSPS) is 23.8. The van der Waals surface area contributed by atoms with Gasteiger partial charge >= 0.3 is 0 Å². The molecule has 2 rings (SSSR count). The first-order valence-corrected chi connectivity index (χ1v) is 8.76. The smallest absolute Gasteiger partial charge is 0.242 e. The third kappa shape index (κ3) is 4.48. The van der Waals surface area contributed by atoms with Crippen molar-refractivity contribution in [1.29, 1.82) is 0 Å². The second-order valence-electron chi connectivity index (χ2n) is 5.62. The van der Waals surface area contributed by atoms with Crippen molar-refractivity contribution < 1.29 is 4.79 Å². The average Bonchev–Trinajstić information content (AvgIpc) is 2.87. The minimum Gasteiger partial charge on any atom is -0.352 e. The Bertz CT molecular complexity index is 460. The molecule has 3 atom stereocenters. The van der Waals surface area contributed by atoms with Crippen LogP contribution in [0.15, 0.2) is 12.4 Å². The maximum absolute atomic E-state index is 12.5. The van der Waals surface area contributed by atoms with Crippen LogP contribution >= 0.6 is 11.8 Å². The molecule has 1 amide bonds. The number of likely N-dealkylation sites (N-methyl/N-ethyl adjacent to an activating group) is 1. The van der Waals surface area contributed by atoms with Crippen LogP contribution in [0.4, 0.5) is 0 Å². The van der Waals surface area contributed by atoms with Crippen LogP contribution < -0.4 is 10.6 Å². The van der Waals surface area contributed by atoms with Gasteiger partial charge in [0.1, 0.15) is 6.04 Å². The molecule has 118 valence electrons. The first-order valence-electron chi connectivity index (χ1n) is 7.71. The molecule has 2 N–H and O–H groups in total. The molecule has 3 unspecified atom stereocenters. The van der Waals surface area contributed by atoms with Crippen LogP contribution in [0.2, 0.25) is 0 Å². The predicted molar refractivity (Wildman–Crippen MR) is 87.3 cm³/mol. The second-order valence-corrected chi connectivity index (χ2v) is 7.20. The van der Waals surface area contributed by atoms with E-state index in [4.69, 9.17) is 0 Å². The Morgan fingerprint density at radius 3 is 3.00 bits per heavy atom. The number of aromatic nitrogens is 2. The van der Waals surface area contributed by atoms with Gasteiger partial charge in [-0.05, 0) is 32.1 Å². The lowest BCUT2D eigenvalue weighted by molar-refractivity contribution is -0.124. The first kappa shape index (κ1) is 16.4. The Labute approximate surface area is 131 Å². The van der Waals surface area contributed by atoms with Gasteiger partial charge in [0, 0.05) is 30.1 Å². The maximum Gasteiger partial charge on any atom is 0.242 e. The zero-order valence-corrected chi connectivity index (χ0v) is 13.9. The lowest BCUT2D eigenvalue weighted by Crippen LogP contribution is -2.44. The molecule has 0 aromatic carbocycles. The SMILES string of the molecule is CCSC1CCCC(NC(=O)C(NC)c2cnn(C)c2)C1. The lowest BCUT2D eigenvalue weighted by atomic mass is 9.94. The molecular weight excluding hydrogens is 284 g/mol. The summed E-state index contributed by atoms with van der Waals surface area (Å²) >= 11 is 2.02. The van der Waals surface area contributed by atoms with Crippen molar-refractivity contribution in [2.75, 3.05) is 12.8 Å². The third-order valence-corrected chi connectivity index (χ3v) is 5.22. The van der Waals surface area contributed by atoms with Crippen molar-refractivity contribution in [3.8, 4) is 0 Å². The summed E-state index contributed by atoms with van der Waals surface area (Å²) in [6.45, 7) is 2.20. The van der Waals surface area contributed by atoms with E-state index < -0.39 is 0 Å². The standard InChI is InChI=1S/C15H26N4OS/c1-4-21-13-7-5-6-12(8-13)18-15(20)14(16-2)11-9-17-19(3)10-11/h9-10,12-14,16H,4-8H2,1-3H3,(H,18,20). The van der Waals surface area contributed by atoms with Crippen molar-refractivity contribution in [3.63, 3.8) is 0 Å². The van der Waals surface area contributed by atoms with Gasteiger partial charge in [-0.2, -0.15) is 16.9 Å². The highest BCUT2D eigenvalue weighted by atomic mass is 32.2. The van der Waals surface area contributed by atoms with E-state index in [-0.39, 0.29) is 11.9 Å². The Morgan fingerprint density at radius 2 is 2.38 bits per heavy atom. The zero-order chi connectivity index (χ0) is 15.2. The summed E-state index contributed by atoms with van der Waals surface area (Å²) in [6, 6.07) is -0.0132. The fourth-order valence-corrected chi connectivity index (χ4v) is 4.16. The number of hydrogen-bond donors (Lipinski definition) is 2. The molecule has 21 heavy (non-hydrogen) atoms. The molecule has 1 saturated carbocycles. The number of hydrogen-bond acceptors (Lipinski definition) is 4. The van der Waals surface area contributed by atoms with Crippen LogP contribution in [0.5, 0.6) is 0 Å². The summed E-state index contributed by atoms with van der Waals surface area (Å²) in [5.41, 5.74) is 0.910. The van der Waals surface area contributed by atoms with Crippen LogP contribution in [0, 0.1) is 0 Å². The number of carbonyl (C=O) groups excluding carboxylic acids is 1. The van der Waals surface area contributed by atoms with Gasteiger partial charge in [-0.25, -0.2) is 0 Å². The summed E-state index contributed by atoms with van der Waals surface area (Å²) in [6.07, 6.45) is 8.31. The molecule has 0 aliphatic heterocycles. The number of amides is 1. The largest absolute Gasteiger partial charge is 0.352 e. The first-order chi connectivity index (χ1) is 10.1. The summed E-state index contributed by atoms with van der Waals surface area (Å²) < 4.78 is 1.72. The second kappa shape index (κ2) is 7.84. The number of rotatable bonds is 6. The van der Waals surface area contributed by atoms with Gasteiger partial charge in [0.15, 0.2) is 0 Å². The Kier molecular flexibility index (Phi) is 6.11. The number of nitrogens with one attached hydrogen (secondary N) is 2. The molecule has 1 aromatic heterocycles. The summed E-state index contributed by atoms with van der Waals surface area (Å²) in [5.74, 6) is 1.21. The fraction of sp³-hybridized carbons (Fsp3) is 0.733. The van der Waals surface area contributed by atoms with Crippen LogP contribution in [0.1, 0.15) is 44.2 Å². The molecule has 1 heterocycles. The van der Waals surface area contributed by atoms with E-state index in [9.17, 15) is 4.79 Å². The fourth-order valence-electron chi connectivity index (χ4n) is 2.99. The summed E-state index contributed by atoms with van der Waals surface area (Å²) in [7, 11) is 3.68. The van der Waals surface area contributed by atoms with E-state index in [2.05, 4.69) is 22.7 Å². The Hall–Kier alpha value is -1.01. The molecule has 1 aliphatic rings. The van der Waals surface area contributed by atoms with Gasteiger partial charge in [-0.15, -0.1) is 0 Å². The molecule has 0 saturated heterocycles. The van der Waals surface area contributed by atoms with E-state index >= 15 is 0 Å². The average molecular weight is 310 g/mol. The van der Waals surface area contributed by atoms with E-state index in [1.165, 1.54) is 12.8 Å². The van der Waals surface area contributed by atoms with Gasteiger partial charge in [-0.3, -0.25) is 9.48 Å². The lowest BCUT2D eigenvalue weighted by Gasteiger charge is -2.30. The third-order valence-electron chi connectivity index (χ3n) is 3.98. The highest BCUT2D eigenvalue weighted by Gasteiger charge is 2.26. The van der Waals surface area contributed by atoms with E-state index in [0.29, 0.717) is 11.3 Å². The molecule has 1 aromatic rings. The van der Waals surface area contributed by atoms with Crippen molar-refractivity contribution >= 4 is 17.7 Å². The van der Waals surface area contributed by atoms with Crippen LogP contribution in [0.25, 0.3) is 0 Å². The molecule has 0 radical (unpaired) electrons. The quantitative estimate of drug-likeness (QED) is 0.842. The van der Waals surface area contributed by atoms with Crippen molar-refractivity contribution in [2.24, 2.45) is 7.05 Å². The highest BCUT2D eigenvalue weighted by molar-refractivity contribution is 7.99. The number of thioether (sulfide) groups is 1. The topological polar surface area (TPSA) is 59.0 Å². The molecular formula is C15H26N4OS. The molecule has 1 fully saturated rings. The molecule has 1 aliphatic carbocycles. The minimum atomic E-state index is -0.321. The number of nitrogens with zero attached hydrogens (tertiary/aromatic N) is 2. The van der Waals surface area contributed by atoms with Crippen LogP contribution in [-0.2, 0) is 11.8 Å². The maximum atomic E-state index is 12.5. The van der Waals surface area contributed by atoms with Gasteiger partial charge in [0.25, 0.3) is 0 Å². The highest BCUT2D eigenvalue weighted by Crippen LogP contribution is 2.28. The molecule has 5 nitrogen and oxygen atoms in total. The van der Waals surface area contributed by atoms with Crippen molar-refractivity contribution in [3.05, 3.63) is 18.0 Å². The summed E-state index contributed by atoms with van der Waals surface area (Å²) in [5, 5.41) is 11.1. The monoisotopic (exact) mass is 310 g/mol. The molecule has 0 spiro atoms. The van der Waals surface area contributed by atoms with E-state index in [1.54, 1.807) is 10.9 Å². The minimum absolute atomic E-state index is 0.0534. The Morgan fingerprint density at radius 1 is 1.57 bits per heavy atom. The van der Waals surface area contributed by atoms with Gasteiger partial charge < -0.3 is 10.6 Å². The molecule has 0 bridgehead atoms. The number of aryl methyl sites for hydroxylation is 1. The van der Waals surface area contributed by atoms with Crippen molar-refractivity contribution in [1.82, 2.24) is 20.4 Å². The number of carbonyl (C=O) groups is 1. The van der Waals surface area contributed by atoms with Gasteiger partial charge in [0.05, 0.1) is 6.20 Å².